The SMILES string of the molecule is CC.O=C1NC(c2ccccc2)CC2=C1CC2.[HH]. The van der Waals surface area contributed by atoms with Gasteiger partial charge in [0.25, 0.3) is 0 Å². The molecule has 1 atom stereocenters. The Morgan fingerprint density at radius 1 is 1.18 bits per heavy atom. The molecule has 17 heavy (non-hydrogen) atoms. The number of hydrogen-bond acceptors (Lipinski definition) is 1. The second-order valence-corrected chi connectivity index (χ2v) is 4.22. The Hall–Kier alpha value is -1.57. The molecule has 1 aliphatic carbocycles. The third-order valence-electron chi connectivity index (χ3n) is 3.34. The van der Waals surface area contributed by atoms with E-state index in [1.54, 1.807) is 0 Å². The molecule has 0 spiro atoms. The van der Waals surface area contributed by atoms with Crippen LogP contribution in [0, 0.1) is 0 Å². The van der Waals surface area contributed by atoms with E-state index < -0.39 is 0 Å². The van der Waals surface area contributed by atoms with E-state index in [4.69, 9.17) is 0 Å². The molecule has 2 heteroatoms. The highest BCUT2D eigenvalue weighted by atomic mass is 16.1. The maximum Gasteiger partial charge on any atom is 0.247 e. The number of carbonyl (C=O) groups excluding carboxylic acids is 1. The normalized spacial score (nSPS) is 21.8. The maximum atomic E-state index is 11.7. The lowest BCUT2D eigenvalue weighted by atomic mass is 9.79. The molecule has 0 saturated carbocycles. The third-order valence-corrected chi connectivity index (χ3v) is 3.34. The van der Waals surface area contributed by atoms with Crippen LogP contribution in [0.15, 0.2) is 41.5 Å². The third kappa shape index (κ3) is 2.26. The Labute approximate surface area is 104 Å². The molecule has 0 radical (unpaired) electrons. The van der Waals surface area contributed by atoms with Gasteiger partial charge in [-0.1, -0.05) is 49.8 Å². The smallest absolute Gasteiger partial charge is 0.247 e. The zero-order valence-corrected chi connectivity index (χ0v) is 10.5. The molecule has 0 aromatic heterocycles. The second kappa shape index (κ2) is 5.17. The first-order valence-electron chi connectivity index (χ1n) is 6.41. The van der Waals surface area contributed by atoms with Crippen molar-refractivity contribution in [2.75, 3.05) is 0 Å². The van der Waals surface area contributed by atoms with Gasteiger partial charge in [0.05, 0.1) is 6.04 Å². The lowest BCUT2D eigenvalue weighted by Crippen LogP contribution is -2.37. The Morgan fingerprint density at radius 2 is 1.88 bits per heavy atom. The Kier molecular flexibility index (Phi) is 3.62. The van der Waals surface area contributed by atoms with Crippen molar-refractivity contribution in [2.45, 2.75) is 39.2 Å². The van der Waals surface area contributed by atoms with Crippen molar-refractivity contribution >= 4 is 5.91 Å². The predicted octanol–water partition coefficient (Wildman–Crippen LogP) is 3.61. The van der Waals surface area contributed by atoms with Crippen molar-refractivity contribution in [3.8, 4) is 0 Å². The van der Waals surface area contributed by atoms with Gasteiger partial charge in [-0.2, -0.15) is 0 Å². The van der Waals surface area contributed by atoms with Gasteiger partial charge in [-0.15, -0.1) is 0 Å². The highest BCUT2D eigenvalue weighted by Crippen LogP contribution is 2.38. The Bertz CT molecular complexity index is 439. The Morgan fingerprint density at radius 3 is 2.41 bits per heavy atom. The molecule has 1 aromatic carbocycles. The number of benzene rings is 1. The van der Waals surface area contributed by atoms with Gasteiger partial charge in [0.15, 0.2) is 0 Å². The summed E-state index contributed by atoms with van der Waals surface area (Å²) in [6.45, 7) is 4.00. The van der Waals surface area contributed by atoms with E-state index in [2.05, 4.69) is 17.4 Å². The summed E-state index contributed by atoms with van der Waals surface area (Å²) in [5.41, 5.74) is 3.62. The van der Waals surface area contributed by atoms with Crippen LogP contribution < -0.4 is 5.32 Å². The van der Waals surface area contributed by atoms with Crippen LogP contribution in [0.4, 0.5) is 0 Å². The van der Waals surface area contributed by atoms with E-state index in [-0.39, 0.29) is 13.4 Å². The summed E-state index contributed by atoms with van der Waals surface area (Å²) >= 11 is 0. The first-order chi connectivity index (χ1) is 8.34. The van der Waals surface area contributed by atoms with Crippen molar-refractivity contribution in [3.05, 3.63) is 47.0 Å². The molecule has 1 aromatic rings. The van der Waals surface area contributed by atoms with Crippen LogP contribution in [0.5, 0.6) is 0 Å². The molecule has 2 aliphatic rings. The molecule has 2 nitrogen and oxygen atoms in total. The summed E-state index contributed by atoms with van der Waals surface area (Å²) in [5.74, 6) is 0.149. The molecular weight excluding hydrogens is 210 g/mol. The summed E-state index contributed by atoms with van der Waals surface area (Å²) in [6, 6.07) is 10.4. The molecule has 0 fully saturated rings. The first-order valence-corrected chi connectivity index (χ1v) is 6.41. The van der Waals surface area contributed by atoms with Gasteiger partial charge in [0.1, 0.15) is 0 Å². The lowest BCUT2D eigenvalue weighted by Gasteiger charge is -2.33. The van der Waals surface area contributed by atoms with Gasteiger partial charge in [0.2, 0.25) is 5.91 Å². The molecule has 92 valence electrons. The van der Waals surface area contributed by atoms with Crippen molar-refractivity contribution in [1.82, 2.24) is 5.32 Å². The van der Waals surface area contributed by atoms with Crippen LogP contribution >= 0.6 is 0 Å². The van der Waals surface area contributed by atoms with Crippen LogP contribution in [0.1, 0.15) is 46.1 Å². The van der Waals surface area contributed by atoms with Crippen molar-refractivity contribution in [1.29, 1.82) is 0 Å². The molecule has 1 heterocycles. The maximum absolute atomic E-state index is 11.7. The van der Waals surface area contributed by atoms with Crippen LogP contribution in [-0.2, 0) is 4.79 Å². The lowest BCUT2D eigenvalue weighted by molar-refractivity contribution is -0.119. The molecule has 1 unspecified atom stereocenters. The number of carbonyl (C=O) groups is 1. The topological polar surface area (TPSA) is 29.1 Å². The summed E-state index contributed by atoms with van der Waals surface area (Å²) in [5, 5.41) is 3.07. The molecule has 1 amide bonds. The van der Waals surface area contributed by atoms with Gasteiger partial charge in [-0.3, -0.25) is 4.79 Å². The average molecular weight is 231 g/mol. The van der Waals surface area contributed by atoms with Crippen molar-refractivity contribution < 1.29 is 6.22 Å². The Balaban J connectivity index is 0.000000516. The largest absolute Gasteiger partial charge is 0.345 e. The molecule has 1 aliphatic heterocycles. The summed E-state index contributed by atoms with van der Waals surface area (Å²) in [4.78, 5) is 11.7. The van der Waals surface area contributed by atoms with Crippen LogP contribution in [-0.4, -0.2) is 5.91 Å². The molecule has 0 saturated heterocycles. The molecular formula is C15H21NO. The quantitative estimate of drug-likeness (QED) is 0.786. The summed E-state index contributed by atoms with van der Waals surface area (Å²) < 4.78 is 0. The van der Waals surface area contributed by atoms with E-state index in [0.29, 0.717) is 0 Å². The fourth-order valence-electron chi connectivity index (χ4n) is 2.36. The van der Waals surface area contributed by atoms with Gasteiger partial charge < -0.3 is 5.32 Å². The van der Waals surface area contributed by atoms with E-state index in [1.807, 2.05) is 32.0 Å². The average Bonchev–Trinajstić information content (AvgIpc) is 2.35. The van der Waals surface area contributed by atoms with E-state index in [9.17, 15) is 4.79 Å². The standard InChI is InChI=1S/C13H13NO.C2H6.H2/c15-13-11-7-6-10(11)8-12(14-13)9-4-2-1-3-5-9;1-2;/h1-5,12H,6-8H2,(H,14,15);1-2H3;1H. The van der Waals surface area contributed by atoms with Gasteiger partial charge in [-0.05, 0) is 24.8 Å². The molecule has 3 rings (SSSR count). The van der Waals surface area contributed by atoms with E-state index >= 15 is 0 Å². The minimum absolute atomic E-state index is 0. The summed E-state index contributed by atoms with van der Waals surface area (Å²) in [6.07, 6.45) is 3.10. The van der Waals surface area contributed by atoms with E-state index in [1.165, 1.54) is 11.1 Å². The van der Waals surface area contributed by atoms with Crippen molar-refractivity contribution in [3.63, 3.8) is 0 Å². The number of rotatable bonds is 1. The highest BCUT2D eigenvalue weighted by Gasteiger charge is 2.32. The monoisotopic (exact) mass is 231 g/mol. The minimum atomic E-state index is 0. The fourth-order valence-corrected chi connectivity index (χ4v) is 2.36. The van der Waals surface area contributed by atoms with Crippen LogP contribution in [0.25, 0.3) is 0 Å². The zero-order chi connectivity index (χ0) is 12.3. The van der Waals surface area contributed by atoms with E-state index in [0.717, 1.165) is 24.8 Å². The first kappa shape index (κ1) is 11.9. The van der Waals surface area contributed by atoms with Gasteiger partial charge in [0, 0.05) is 7.00 Å². The van der Waals surface area contributed by atoms with Crippen molar-refractivity contribution in [2.24, 2.45) is 0 Å². The van der Waals surface area contributed by atoms with Crippen LogP contribution in [0.2, 0.25) is 0 Å². The molecule has 0 bridgehead atoms. The minimum Gasteiger partial charge on any atom is -0.345 e. The number of amides is 1. The highest BCUT2D eigenvalue weighted by molar-refractivity contribution is 5.97. The molecule has 1 N–H and O–H groups in total. The number of hydrogen-bond donors (Lipinski definition) is 1. The van der Waals surface area contributed by atoms with Gasteiger partial charge >= 0.3 is 0 Å². The second-order valence-electron chi connectivity index (χ2n) is 4.22. The zero-order valence-electron chi connectivity index (χ0n) is 10.5. The van der Waals surface area contributed by atoms with Gasteiger partial charge in [-0.25, -0.2) is 0 Å². The number of nitrogens with one attached hydrogen (secondary N) is 1. The van der Waals surface area contributed by atoms with Crippen LogP contribution in [0.3, 0.4) is 0 Å². The fraction of sp³-hybridized carbons (Fsp3) is 0.400. The predicted molar refractivity (Wildman–Crippen MR) is 71.7 cm³/mol. The summed E-state index contributed by atoms with van der Waals surface area (Å²) in [7, 11) is 0.